The summed E-state index contributed by atoms with van der Waals surface area (Å²) in [5.41, 5.74) is 7.58. The Kier molecular flexibility index (Phi) is 4.48. The normalized spacial score (nSPS) is 18.4. The van der Waals surface area contributed by atoms with Crippen molar-refractivity contribution in [3.8, 4) is 0 Å². The molecule has 0 aromatic heterocycles. The quantitative estimate of drug-likeness (QED) is 0.905. The van der Waals surface area contributed by atoms with E-state index in [2.05, 4.69) is 0 Å². The highest BCUT2D eigenvalue weighted by Crippen LogP contribution is 2.22. The first kappa shape index (κ1) is 14.4. The van der Waals surface area contributed by atoms with Crippen LogP contribution in [0.2, 0.25) is 5.02 Å². The molecule has 104 valence electrons. The van der Waals surface area contributed by atoms with Crippen LogP contribution in [0, 0.1) is 12.8 Å². The lowest BCUT2D eigenvalue weighted by Gasteiger charge is -2.33. The number of hydrogen-bond acceptors (Lipinski definition) is 2. The number of benzene rings is 1. The molecule has 1 saturated heterocycles. The highest BCUT2D eigenvalue weighted by molar-refractivity contribution is 6.31. The predicted molar refractivity (Wildman–Crippen MR) is 78.5 cm³/mol. The van der Waals surface area contributed by atoms with E-state index >= 15 is 0 Å². The zero-order valence-electron chi connectivity index (χ0n) is 11.5. The van der Waals surface area contributed by atoms with Gasteiger partial charge in [-0.2, -0.15) is 0 Å². The minimum absolute atomic E-state index is 0.0999. The number of likely N-dealkylation sites (tertiary alicyclic amines) is 1. The number of carbonyl (C=O) groups excluding carboxylic acids is 1. The predicted octanol–water partition coefficient (Wildman–Crippen LogP) is 2.85. The molecule has 1 amide bonds. The van der Waals surface area contributed by atoms with Gasteiger partial charge in [-0.05, 0) is 56.4 Å². The summed E-state index contributed by atoms with van der Waals surface area (Å²) in [5, 5.41) is 0.701. The van der Waals surface area contributed by atoms with E-state index < -0.39 is 0 Å². The van der Waals surface area contributed by atoms with Crippen LogP contribution >= 0.6 is 11.6 Å². The van der Waals surface area contributed by atoms with Gasteiger partial charge in [-0.25, -0.2) is 0 Å². The topological polar surface area (TPSA) is 46.3 Å². The molecular formula is C15H21ClN2O. The van der Waals surface area contributed by atoms with Crippen molar-refractivity contribution in [3.05, 3.63) is 34.3 Å². The Hall–Kier alpha value is -1.06. The van der Waals surface area contributed by atoms with Crippen LogP contribution in [0.4, 0.5) is 0 Å². The van der Waals surface area contributed by atoms with E-state index in [9.17, 15) is 4.79 Å². The van der Waals surface area contributed by atoms with Gasteiger partial charge in [0, 0.05) is 29.7 Å². The molecule has 1 aromatic rings. The minimum Gasteiger partial charge on any atom is -0.339 e. The van der Waals surface area contributed by atoms with Gasteiger partial charge in [-0.15, -0.1) is 0 Å². The van der Waals surface area contributed by atoms with Gasteiger partial charge in [0.05, 0.1) is 0 Å². The van der Waals surface area contributed by atoms with E-state index in [1.807, 2.05) is 24.8 Å². The standard InChI is InChI=1S/C15H21ClN2O/c1-10-9-13(3-4-14(10)16)15(19)18-7-5-12(6-8-18)11(2)17/h3-4,9,11-12H,5-8,17H2,1-2H3. The fourth-order valence-electron chi connectivity index (χ4n) is 2.59. The molecule has 1 aromatic carbocycles. The van der Waals surface area contributed by atoms with E-state index in [4.69, 9.17) is 17.3 Å². The Bertz CT molecular complexity index is 465. The Morgan fingerprint density at radius 3 is 2.58 bits per heavy atom. The molecule has 2 rings (SSSR count). The van der Waals surface area contributed by atoms with Gasteiger partial charge in [0.1, 0.15) is 0 Å². The molecule has 3 nitrogen and oxygen atoms in total. The average Bonchev–Trinajstić information content (AvgIpc) is 2.41. The monoisotopic (exact) mass is 280 g/mol. The van der Waals surface area contributed by atoms with Crippen molar-refractivity contribution >= 4 is 17.5 Å². The first-order valence-corrected chi connectivity index (χ1v) is 7.18. The molecule has 2 N–H and O–H groups in total. The average molecular weight is 281 g/mol. The molecule has 1 aliphatic heterocycles. The first-order valence-electron chi connectivity index (χ1n) is 6.80. The summed E-state index contributed by atoms with van der Waals surface area (Å²) >= 11 is 5.99. The molecule has 19 heavy (non-hydrogen) atoms. The second kappa shape index (κ2) is 5.93. The fraction of sp³-hybridized carbons (Fsp3) is 0.533. The van der Waals surface area contributed by atoms with Crippen LogP contribution in [0.25, 0.3) is 0 Å². The van der Waals surface area contributed by atoms with Crippen molar-refractivity contribution in [2.45, 2.75) is 32.7 Å². The van der Waals surface area contributed by atoms with Gasteiger partial charge in [-0.3, -0.25) is 4.79 Å². The molecule has 1 heterocycles. The van der Waals surface area contributed by atoms with E-state index in [-0.39, 0.29) is 11.9 Å². The summed E-state index contributed by atoms with van der Waals surface area (Å²) in [7, 11) is 0. The summed E-state index contributed by atoms with van der Waals surface area (Å²) in [6, 6.07) is 5.67. The number of hydrogen-bond donors (Lipinski definition) is 1. The van der Waals surface area contributed by atoms with Crippen LogP contribution in [0.1, 0.15) is 35.7 Å². The van der Waals surface area contributed by atoms with Gasteiger partial charge in [0.25, 0.3) is 5.91 Å². The molecule has 1 aliphatic rings. The Labute approximate surface area is 119 Å². The van der Waals surface area contributed by atoms with Gasteiger partial charge >= 0.3 is 0 Å². The largest absolute Gasteiger partial charge is 0.339 e. The third kappa shape index (κ3) is 3.28. The van der Waals surface area contributed by atoms with Crippen LogP contribution < -0.4 is 5.73 Å². The van der Waals surface area contributed by atoms with Crippen LogP contribution in [-0.4, -0.2) is 29.9 Å². The Morgan fingerprint density at radius 2 is 2.05 bits per heavy atom. The van der Waals surface area contributed by atoms with Gasteiger partial charge in [0.15, 0.2) is 0 Å². The lowest BCUT2D eigenvalue weighted by Crippen LogP contribution is -2.42. The van der Waals surface area contributed by atoms with Gasteiger partial charge in [-0.1, -0.05) is 11.6 Å². The van der Waals surface area contributed by atoms with Crippen LogP contribution in [0.3, 0.4) is 0 Å². The zero-order chi connectivity index (χ0) is 14.0. The fourth-order valence-corrected chi connectivity index (χ4v) is 2.71. The molecule has 4 heteroatoms. The van der Waals surface area contributed by atoms with E-state index in [1.165, 1.54) is 0 Å². The lowest BCUT2D eigenvalue weighted by atomic mass is 9.90. The summed E-state index contributed by atoms with van der Waals surface area (Å²) in [6.07, 6.45) is 1.99. The van der Waals surface area contributed by atoms with Crippen LogP contribution in [-0.2, 0) is 0 Å². The molecule has 1 fully saturated rings. The van der Waals surface area contributed by atoms with Crippen molar-refractivity contribution < 1.29 is 4.79 Å². The number of halogens is 1. The van der Waals surface area contributed by atoms with E-state index in [0.29, 0.717) is 10.9 Å². The molecule has 1 unspecified atom stereocenters. The third-order valence-corrected chi connectivity index (χ3v) is 4.40. The number of aryl methyl sites for hydroxylation is 1. The van der Waals surface area contributed by atoms with Gasteiger partial charge in [0.2, 0.25) is 0 Å². The maximum absolute atomic E-state index is 12.4. The SMILES string of the molecule is Cc1cc(C(=O)N2CCC(C(C)N)CC2)ccc1Cl. The summed E-state index contributed by atoms with van der Waals surface area (Å²) in [5.74, 6) is 0.638. The van der Waals surface area contributed by atoms with Crippen molar-refractivity contribution in [2.75, 3.05) is 13.1 Å². The third-order valence-electron chi connectivity index (χ3n) is 3.98. The number of nitrogens with zero attached hydrogens (tertiary/aromatic N) is 1. The summed E-state index contributed by atoms with van der Waals surface area (Å²) < 4.78 is 0. The number of rotatable bonds is 2. The van der Waals surface area contributed by atoms with Crippen LogP contribution in [0.5, 0.6) is 0 Å². The molecule has 0 saturated carbocycles. The molecule has 0 spiro atoms. The second-order valence-electron chi connectivity index (χ2n) is 5.45. The lowest BCUT2D eigenvalue weighted by molar-refractivity contribution is 0.0681. The summed E-state index contributed by atoms with van der Waals surface area (Å²) in [6.45, 7) is 5.56. The smallest absolute Gasteiger partial charge is 0.253 e. The number of piperidine rings is 1. The first-order chi connectivity index (χ1) is 8.99. The van der Waals surface area contributed by atoms with E-state index in [0.717, 1.165) is 37.1 Å². The van der Waals surface area contributed by atoms with Gasteiger partial charge < -0.3 is 10.6 Å². The van der Waals surface area contributed by atoms with Crippen molar-refractivity contribution in [2.24, 2.45) is 11.7 Å². The molecule has 0 bridgehead atoms. The summed E-state index contributed by atoms with van der Waals surface area (Å²) in [4.78, 5) is 14.3. The Morgan fingerprint density at radius 1 is 1.42 bits per heavy atom. The number of nitrogens with two attached hydrogens (primary N) is 1. The number of carbonyl (C=O) groups is 1. The molecule has 1 atom stereocenters. The van der Waals surface area contributed by atoms with Crippen molar-refractivity contribution in [1.82, 2.24) is 4.90 Å². The number of amides is 1. The van der Waals surface area contributed by atoms with Crippen molar-refractivity contribution in [3.63, 3.8) is 0 Å². The molecular weight excluding hydrogens is 260 g/mol. The maximum atomic E-state index is 12.4. The second-order valence-corrected chi connectivity index (χ2v) is 5.86. The molecule has 0 aliphatic carbocycles. The molecule has 0 radical (unpaired) electrons. The maximum Gasteiger partial charge on any atom is 0.253 e. The van der Waals surface area contributed by atoms with Crippen molar-refractivity contribution in [1.29, 1.82) is 0 Å². The minimum atomic E-state index is 0.0999. The highest BCUT2D eigenvalue weighted by Gasteiger charge is 2.25. The zero-order valence-corrected chi connectivity index (χ0v) is 12.3. The Balaban J connectivity index is 2.03. The highest BCUT2D eigenvalue weighted by atomic mass is 35.5. The van der Waals surface area contributed by atoms with Crippen LogP contribution in [0.15, 0.2) is 18.2 Å². The van der Waals surface area contributed by atoms with E-state index in [1.54, 1.807) is 12.1 Å².